The number of aryl methyl sites for hydroxylation is 1. The molecule has 31 heavy (non-hydrogen) atoms. The summed E-state index contributed by atoms with van der Waals surface area (Å²) in [7, 11) is -1.82. The van der Waals surface area contributed by atoms with Crippen molar-refractivity contribution in [2.75, 3.05) is 18.6 Å². The molecule has 0 saturated heterocycles. The highest BCUT2D eigenvalue weighted by molar-refractivity contribution is 7.90. The minimum atomic E-state index is -3.43. The third kappa shape index (κ3) is 4.21. The number of amides is 1. The molecule has 160 valence electrons. The van der Waals surface area contributed by atoms with Crippen LogP contribution in [0.1, 0.15) is 33.5 Å². The first-order valence-electron chi connectivity index (χ1n) is 10.3. The van der Waals surface area contributed by atoms with Crippen LogP contribution in [0.3, 0.4) is 0 Å². The zero-order chi connectivity index (χ0) is 22.0. The van der Waals surface area contributed by atoms with Crippen molar-refractivity contribution in [2.24, 2.45) is 0 Å². The van der Waals surface area contributed by atoms with Crippen LogP contribution < -0.4 is 9.64 Å². The fourth-order valence-electron chi connectivity index (χ4n) is 4.05. The molecular formula is C25H25NO4S. The highest BCUT2D eigenvalue weighted by Crippen LogP contribution is 2.39. The number of rotatable bonds is 5. The van der Waals surface area contributed by atoms with Crippen molar-refractivity contribution >= 4 is 21.4 Å². The summed E-state index contributed by atoms with van der Waals surface area (Å²) in [4.78, 5) is 15.4. The van der Waals surface area contributed by atoms with Gasteiger partial charge in [-0.25, -0.2) is 8.42 Å². The van der Waals surface area contributed by atoms with Crippen molar-refractivity contribution in [3.05, 3.63) is 89.0 Å². The van der Waals surface area contributed by atoms with E-state index in [0.29, 0.717) is 28.3 Å². The van der Waals surface area contributed by atoms with Gasteiger partial charge in [-0.05, 0) is 66.8 Å². The Kier molecular flexibility index (Phi) is 5.83. The van der Waals surface area contributed by atoms with Gasteiger partial charge in [0, 0.05) is 12.1 Å². The molecule has 0 saturated carbocycles. The van der Waals surface area contributed by atoms with Crippen molar-refractivity contribution < 1.29 is 17.9 Å². The number of carbonyl (C=O) groups is 1. The van der Waals surface area contributed by atoms with Gasteiger partial charge in [-0.1, -0.05) is 36.4 Å². The molecule has 3 aromatic carbocycles. The number of hydrogen-bond donors (Lipinski definition) is 0. The monoisotopic (exact) mass is 435 g/mol. The molecule has 0 aromatic heterocycles. The molecule has 0 bridgehead atoms. The number of fused-ring (bicyclic) bond motifs is 1. The SMILES string of the molecule is COc1ccc(C)c2c1N(C(=O)c1ccc(CS(=O)(=O)c3ccccc3)cc1)CCC2. The van der Waals surface area contributed by atoms with E-state index in [-0.39, 0.29) is 11.7 Å². The molecule has 4 rings (SSSR count). The summed E-state index contributed by atoms with van der Waals surface area (Å²) in [5.41, 5.74) is 4.30. The number of hydrogen-bond acceptors (Lipinski definition) is 4. The van der Waals surface area contributed by atoms with E-state index in [1.165, 1.54) is 0 Å². The highest BCUT2D eigenvalue weighted by Gasteiger charge is 2.28. The number of ether oxygens (including phenoxy) is 1. The predicted octanol–water partition coefficient (Wildman–Crippen LogP) is 4.57. The van der Waals surface area contributed by atoms with E-state index in [4.69, 9.17) is 4.74 Å². The summed E-state index contributed by atoms with van der Waals surface area (Å²) in [6.07, 6.45) is 1.80. The first kappa shape index (κ1) is 21.1. The average Bonchev–Trinajstić information content (AvgIpc) is 2.79. The Morgan fingerprint density at radius 2 is 1.71 bits per heavy atom. The third-order valence-electron chi connectivity index (χ3n) is 5.68. The topological polar surface area (TPSA) is 63.7 Å². The van der Waals surface area contributed by atoms with Gasteiger partial charge in [0.05, 0.1) is 23.4 Å². The Balaban J connectivity index is 1.59. The molecule has 5 nitrogen and oxygen atoms in total. The number of carbonyl (C=O) groups excluding carboxylic acids is 1. The van der Waals surface area contributed by atoms with Gasteiger partial charge in [-0.3, -0.25) is 4.79 Å². The van der Waals surface area contributed by atoms with Gasteiger partial charge >= 0.3 is 0 Å². The molecule has 0 aliphatic carbocycles. The first-order chi connectivity index (χ1) is 14.9. The lowest BCUT2D eigenvalue weighted by atomic mass is 9.95. The average molecular weight is 436 g/mol. The van der Waals surface area contributed by atoms with Crippen LogP contribution in [0, 0.1) is 6.92 Å². The summed E-state index contributed by atoms with van der Waals surface area (Å²) >= 11 is 0. The second-order valence-electron chi connectivity index (χ2n) is 7.74. The third-order valence-corrected chi connectivity index (χ3v) is 7.39. The van der Waals surface area contributed by atoms with E-state index >= 15 is 0 Å². The van der Waals surface area contributed by atoms with Crippen LogP contribution in [0.4, 0.5) is 5.69 Å². The maximum Gasteiger partial charge on any atom is 0.258 e. The second kappa shape index (κ2) is 8.55. The van der Waals surface area contributed by atoms with Crippen LogP contribution in [0.2, 0.25) is 0 Å². The fourth-order valence-corrected chi connectivity index (χ4v) is 5.42. The highest BCUT2D eigenvalue weighted by atomic mass is 32.2. The van der Waals surface area contributed by atoms with Crippen LogP contribution in [0.25, 0.3) is 0 Å². The molecule has 1 amide bonds. The normalized spacial score (nSPS) is 13.5. The number of nitrogens with zero attached hydrogens (tertiary/aromatic N) is 1. The van der Waals surface area contributed by atoms with Crippen molar-refractivity contribution in [3.63, 3.8) is 0 Å². The molecule has 0 radical (unpaired) electrons. The van der Waals surface area contributed by atoms with Gasteiger partial charge in [-0.15, -0.1) is 0 Å². The van der Waals surface area contributed by atoms with E-state index in [0.717, 1.165) is 29.7 Å². The molecule has 0 spiro atoms. The van der Waals surface area contributed by atoms with Gasteiger partial charge < -0.3 is 9.64 Å². The van der Waals surface area contributed by atoms with E-state index < -0.39 is 9.84 Å². The van der Waals surface area contributed by atoms with Crippen LogP contribution in [-0.4, -0.2) is 28.0 Å². The lowest BCUT2D eigenvalue weighted by molar-refractivity contribution is 0.0984. The van der Waals surface area contributed by atoms with E-state index in [2.05, 4.69) is 0 Å². The molecule has 0 atom stereocenters. The van der Waals surface area contributed by atoms with E-state index in [9.17, 15) is 13.2 Å². The van der Waals surface area contributed by atoms with E-state index in [1.54, 1.807) is 66.6 Å². The number of sulfone groups is 1. The molecule has 1 aliphatic rings. The Bertz CT molecular complexity index is 1200. The van der Waals surface area contributed by atoms with Crippen LogP contribution in [0.5, 0.6) is 5.75 Å². The minimum absolute atomic E-state index is 0.106. The lowest BCUT2D eigenvalue weighted by Crippen LogP contribution is -2.36. The predicted molar refractivity (Wildman–Crippen MR) is 122 cm³/mol. The molecular weight excluding hydrogens is 410 g/mol. The summed E-state index contributed by atoms with van der Waals surface area (Å²) in [6.45, 7) is 2.67. The molecule has 0 N–H and O–H groups in total. The number of benzene rings is 3. The maximum absolute atomic E-state index is 13.3. The number of methoxy groups -OCH3 is 1. The lowest BCUT2D eigenvalue weighted by Gasteiger charge is -2.32. The standard InChI is InChI=1S/C25H25NO4S/c1-18-10-15-23(30-2)24-22(18)9-6-16-26(24)25(27)20-13-11-19(12-14-20)17-31(28,29)21-7-4-3-5-8-21/h3-5,7-8,10-15H,6,9,16-17H2,1-2H3. The molecule has 0 fully saturated rings. The molecule has 6 heteroatoms. The van der Waals surface area contributed by atoms with Crippen LogP contribution >= 0.6 is 0 Å². The van der Waals surface area contributed by atoms with Crippen LogP contribution in [-0.2, 0) is 22.0 Å². The van der Waals surface area contributed by atoms with Gasteiger partial charge in [0.15, 0.2) is 9.84 Å². The number of anilines is 1. The van der Waals surface area contributed by atoms with Crippen molar-refractivity contribution in [1.29, 1.82) is 0 Å². The molecule has 1 heterocycles. The Morgan fingerprint density at radius 1 is 1.00 bits per heavy atom. The molecule has 3 aromatic rings. The zero-order valence-electron chi connectivity index (χ0n) is 17.7. The van der Waals surface area contributed by atoms with Gasteiger partial charge in [0.1, 0.15) is 5.75 Å². The van der Waals surface area contributed by atoms with E-state index in [1.807, 2.05) is 19.1 Å². The van der Waals surface area contributed by atoms with Gasteiger partial charge in [0.2, 0.25) is 0 Å². The fraction of sp³-hybridized carbons (Fsp3) is 0.240. The van der Waals surface area contributed by atoms with Crippen LogP contribution in [0.15, 0.2) is 71.6 Å². The van der Waals surface area contributed by atoms with Crippen molar-refractivity contribution in [2.45, 2.75) is 30.4 Å². The zero-order valence-corrected chi connectivity index (χ0v) is 18.5. The molecule has 1 aliphatic heterocycles. The summed E-state index contributed by atoms with van der Waals surface area (Å²) in [6, 6.07) is 19.1. The quantitative estimate of drug-likeness (QED) is 0.589. The maximum atomic E-state index is 13.3. The Hall–Kier alpha value is -3.12. The van der Waals surface area contributed by atoms with Crippen molar-refractivity contribution in [1.82, 2.24) is 0 Å². The second-order valence-corrected chi connectivity index (χ2v) is 9.73. The largest absolute Gasteiger partial charge is 0.495 e. The van der Waals surface area contributed by atoms with Gasteiger partial charge in [0.25, 0.3) is 5.91 Å². The Morgan fingerprint density at radius 3 is 2.39 bits per heavy atom. The summed E-state index contributed by atoms with van der Waals surface area (Å²) < 4.78 is 30.8. The smallest absolute Gasteiger partial charge is 0.258 e. The first-order valence-corrected chi connectivity index (χ1v) is 11.9. The Labute approximate surface area is 183 Å². The summed E-state index contributed by atoms with van der Waals surface area (Å²) in [5, 5.41) is 0. The van der Waals surface area contributed by atoms with Crippen molar-refractivity contribution in [3.8, 4) is 5.75 Å². The molecule has 0 unspecified atom stereocenters. The van der Waals surface area contributed by atoms with Gasteiger partial charge in [-0.2, -0.15) is 0 Å². The minimum Gasteiger partial charge on any atom is -0.495 e. The summed E-state index contributed by atoms with van der Waals surface area (Å²) in [5.74, 6) is 0.479.